The van der Waals surface area contributed by atoms with Gasteiger partial charge in [0.2, 0.25) is 0 Å². The number of aromatic nitrogens is 4. The molecule has 11 aromatic rings. The van der Waals surface area contributed by atoms with Crippen molar-refractivity contribution in [2.75, 3.05) is 0 Å². The van der Waals surface area contributed by atoms with Gasteiger partial charge in [-0.05, 0) is 116 Å². The Morgan fingerprint density at radius 1 is 0.310 bits per heavy atom. The van der Waals surface area contributed by atoms with Crippen LogP contribution in [0.25, 0.3) is 110 Å². The summed E-state index contributed by atoms with van der Waals surface area (Å²) in [7, 11) is 0. The van der Waals surface area contributed by atoms with E-state index in [1.165, 1.54) is 32.5 Å². The smallest absolute Gasteiger partial charge is 0.0788 e. The topological polar surface area (TPSA) is 51.6 Å². The SMILES string of the molecule is c1cc(-c2ccc(-c3cc4c(-c5ccc6ccccc6c5)nc5ccccc5c4c4ccccc34)cc2)cc(-c2cc(-c3cccnc3)nc(-c3cccnc3)c2)c1. The average Bonchev–Trinajstić information content (AvgIpc) is 3.31. The molecular weight excluding hydrogens is 705 g/mol. The number of para-hydroxylation sites is 1. The zero-order chi connectivity index (χ0) is 38.4. The maximum atomic E-state index is 5.34. The molecule has 11 rings (SSSR count). The van der Waals surface area contributed by atoms with Crippen molar-refractivity contribution in [2.24, 2.45) is 0 Å². The van der Waals surface area contributed by atoms with Gasteiger partial charge in [-0.15, -0.1) is 0 Å². The summed E-state index contributed by atoms with van der Waals surface area (Å²) in [5.41, 5.74) is 13.6. The Morgan fingerprint density at radius 3 is 1.64 bits per heavy atom. The Kier molecular flexibility index (Phi) is 8.11. The zero-order valence-electron chi connectivity index (χ0n) is 31.4. The third-order valence-electron chi connectivity index (χ3n) is 11.2. The Balaban J connectivity index is 1.03. The molecule has 58 heavy (non-hydrogen) atoms. The van der Waals surface area contributed by atoms with Gasteiger partial charge in [-0.2, -0.15) is 0 Å². The Labute approximate surface area is 335 Å². The fourth-order valence-corrected chi connectivity index (χ4v) is 8.35. The molecule has 4 nitrogen and oxygen atoms in total. The second-order valence-electron chi connectivity index (χ2n) is 14.7. The van der Waals surface area contributed by atoms with Crippen LogP contribution in [0.1, 0.15) is 0 Å². The normalized spacial score (nSPS) is 11.4. The molecule has 0 spiro atoms. The van der Waals surface area contributed by atoms with Crippen LogP contribution in [-0.2, 0) is 0 Å². The van der Waals surface area contributed by atoms with E-state index in [4.69, 9.17) is 9.97 Å². The van der Waals surface area contributed by atoms with Gasteiger partial charge in [0.25, 0.3) is 0 Å². The first-order valence-electron chi connectivity index (χ1n) is 19.5. The summed E-state index contributed by atoms with van der Waals surface area (Å²) in [5, 5.41) is 8.41. The third-order valence-corrected chi connectivity index (χ3v) is 11.2. The van der Waals surface area contributed by atoms with Crippen molar-refractivity contribution in [3.8, 4) is 67.2 Å². The molecule has 0 unspecified atom stereocenters. The number of benzene rings is 7. The largest absolute Gasteiger partial charge is 0.264 e. The van der Waals surface area contributed by atoms with Gasteiger partial charge in [-0.25, -0.2) is 9.97 Å². The molecule has 4 heteroatoms. The summed E-state index contributed by atoms with van der Waals surface area (Å²) in [6, 6.07) is 64.9. The summed E-state index contributed by atoms with van der Waals surface area (Å²) in [6.45, 7) is 0. The lowest BCUT2D eigenvalue weighted by Gasteiger charge is -2.16. The lowest BCUT2D eigenvalue weighted by molar-refractivity contribution is 1.26. The van der Waals surface area contributed by atoms with Gasteiger partial charge in [0.15, 0.2) is 0 Å². The lowest BCUT2D eigenvalue weighted by atomic mass is 9.89. The second kappa shape index (κ2) is 14.0. The highest BCUT2D eigenvalue weighted by molar-refractivity contribution is 6.25. The first kappa shape index (κ1) is 33.5. The summed E-state index contributed by atoms with van der Waals surface area (Å²) in [6.07, 6.45) is 7.29. The second-order valence-corrected chi connectivity index (χ2v) is 14.7. The molecule has 0 atom stereocenters. The fourth-order valence-electron chi connectivity index (χ4n) is 8.35. The molecule has 0 N–H and O–H groups in total. The highest BCUT2D eigenvalue weighted by Gasteiger charge is 2.17. The van der Waals surface area contributed by atoms with Gasteiger partial charge in [-0.3, -0.25) is 9.97 Å². The van der Waals surface area contributed by atoms with E-state index in [1.807, 2.05) is 36.7 Å². The predicted octanol–water partition coefficient (Wildman–Crippen LogP) is 13.9. The number of nitrogens with zero attached hydrogens (tertiary/aromatic N) is 4. The Hall–Kier alpha value is -7.82. The van der Waals surface area contributed by atoms with Crippen LogP contribution in [0.2, 0.25) is 0 Å². The first-order valence-corrected chi connectivity index (χ1v) is 19.5. The number of hydrogen-bond donors (Lipinski definition) is 0. The Bertz CT molecular complexity index is 3260. The quantitative estimate of drug-likeness (QED) is 0.159. The van der Waals surface area contributed by atoms with E-state index in [2.05, 4.69) is 168 Å². The van der Waals surface area contributed by atoms with Gasteiger partial charge < -0.3 is 0 Å². The number of rotatable bonds is 6. The van der Waals surface area contributed by atoms with Gasteiger partial charge in [0, 0.05) is 57.6 Å². The van der Waals surface area contributed by atoms with Crippen molar-refractivity contribution >= 4 is 43.2 Å². The predicted molar refractivity (Wildman–Crippen MR) is 240 cm³/mol. The molecule has 0 aliphatic rings. The molecule has 4 aromatic heterocycles. The van der Waals surface area contributed by atoms with E-state index < -0.39 is 0 Å². The van der Waals surface area contributed by atoms with E-state index >= 15 is 0 Å². The van der Waals surface area contributed by atoms with Crippen molar-refractivity contribution < 1.29 is 0 Å². The van der Waals surface area contributed by atoms with Crippen LogP contribution in [0.4, 0.5) is 0 Å². The standard InChI is InChI=1S/C54H34N4/c1-2-11-38-29-41(25-22-35(38)10-1)54-49-32-48(45-16-3-4-17-46(45)53(49)47-18-5-6-19-50(47)58-54)37-23-20-36(21-24-37)39-12-7-13-40(28-39)44-30-51(42-14-8-26-55-33-42)57-52(31-44)43-15-9-27-56-34-43/h1-34H. The average molecular weight is 739 g/mol. The first-order chi connectivity index (χ1) is 28.7. The van der Waals surface area contributed by atoms with Crippen LogP contribution in [-0.4, -0.2) is 19.9 Å². The van der Waals surface area contributed by atoms with Crippen molar-refractivity contribution in [1.29, 1.82) is 0 Å². The summed E-state index contributed by atoms with van der Waals surface area (Å²) >= 11 is 0. The number of pyridine rings is 4. The van der Waals surface area contributed by atoms with Crippen LogP contribution in [0.3, 0.4) is 0 Å². The molecule has 0 fully saturated rings. The molecule has 0 radical (unpaired) electrons. The Morgan fingerprint density at radius 2 is 0.914 bits per heavy atom. The van der Waals surface area contributed by atoms with E-state index in [9.17, 15) is 0 Å². The van der Waals surface area contributed by atoms with Crippen LogP contribution >= 0.6 is 0 Å². The molecule has 0 aliphatic carbocycles. The van der Waals surface area contributed by atoms with Crippen LogP contribution in [0.15, 0.2) is 207 Å². The monoisotopic (exact) mass is 738 g/mol. The van der Waals surface area contributed by atoms with Crippen LogP contribution in [0, 0.1) is 0 Å². The van der Waals surface area contributed by atoms with Crippen LogP contribution in [0.5, 0.6) is 0 Å². The molecule has 0 saturated carbocycles. The lowest BCUT2D eigenvalue weighted by Crippen LogP contribution is -1.93. The fraction of sp³-hybridized carbons (Fsp3) is 0. The zero-order valence-corrected chi connectivity index (χ0v) is 31.4. The molecular formula is C54H34N4. The molecule has 270 valence electrons. The summed E-state index contributed by atoms with van der Waals surface area (Å²) in [4.78, 5) is 19.1. The summed E-state index contributed by atoms with van der Waals surface area (Å²) < 4.78 is 0. The van der Waals surface area contributed by atoms with Crippen molar-refractivity contribution in [3.63, 3.8) is 0 Å². The van der Waals surface area contributed by atoms with Crippen molar-refractivity contribution in [2.45, 2.75) is 0 Å². The van der Waals surface area contributed by atoms with Gasteiger partial charge >= 0.3 is 0 Å². The minimum Gasteiger partial charge on any atom is -0.264 e. The highest BCUT2D eigenvalue weighted by atomic mass is 14.7. The van der Waals surface area contributed by atoms with E-state index in [1.54, 1.807) is 12.4 Å². The molecule has 7 aromatic carbocycles. The summed E-state index contributed by atoms with van der Waals surface area (Å²) in [5.74, 6) is 0. The van der Waals surface area contributed by atoms with E-state index in [0.717, 1.165) is 77.9 Å². The number of fused-ring (bicyclic) bond motifs is 6. The molecule has 0 saturated heterocycles. The highest BCUT2D eigenvalue weighted by Crippen LogP contribution is 2.42. The molecule has 4 heterocycles. The molecule has 0 amide bonds. The third kappa shape index (κ3) is 5.96. The minimum atomic E-state index is 0.869. The van der Waals surface area contributed by atoms with Crippen molar-refractivity contribution in [1.82, 2.24) is 19.9 Å². The van der Waals surface area contributed by atoms with Crippen LogP contribution < -0.4 is 0 Å². The maximum absolute atomic E-state index is 5.34. The molecule has 0 bridgehead atoms. The van der Waals surface area contributed by atoms with Gasteiger partial charge in [-0.1, -0.05) is 121 Å². The maximum Gasteiger partial charge on any atom is 0.0788 e. The van der Waals surface area contributed by atoms with Gasteiger partial charge in [0.05, 0.1) is 22.6 Å². The minimum absolute atomic E-state index is 0.869. The number of hydrogen-bond acceptors (Lipinski definition) is 4. The van der Waals surface area contributed by atoms with Crippen molar-refractivity contribution in [3.05, 3.63) is 207 Å². The molecule has 0 aliphatic heterocycles. The van der Waals surface area contributed by atoms with E-state index in [0.29, 0.717) is 0 Å². The van der Waals surface area contributed by atoms with E-state index in [-0.39, 0.29) is 0 Å². The van der Waals surface area contributed by atoms with Gasteiger partial charge in [0.1, 0.15) is 0 Å².